The molecule has 0 saturated heterocycles. The van der Waals surface area contributed by atoms with Gasteiger partial charge in [-0.05, 0) is 12.3 Å². The van der Waals surface area contributed by atoms with Crippen LogP contribution in [0, 0.1) is 5.92 Å². The number of amides is 3. The molecule has 0 bridgehead atoms. The van der Waals surface area contributed by atoms with Crippen molar-refractivity contribution in [3.8, 4) is 0 Å². The van der Waals surface area contributed by atoms with Gasteiger partial charge in [-0.25, -0.2) is 0 Å². The van der Waals surface area contributed by atoms with Gasteiger partial charge in [0.05, 0.1) is 6.54 Å². The van der Waals surface area contributed by atoms with E-state index >= 15 is 0 Å². The Morgan fingerprint density at radius 1 is 1.25 bits per heavy atom. The summed E-state index contributed by atoms with van der Waals surface area (Å²) in [5.41, 5.74) is 5.15. The van der Waals surface area contributed by atoms with Gasteiger partial charge >= 0.3 is 0 Å². The fourth-order valence-corrected chi connectivity index (χ4v) is 1.17. The fraction of sp³-hybridized carbons (Fsp3) is 0.700. The molecule has 0 radical (unpaired) electrons. The molecule has 0 heterocycles. The summed E-state index contributed by atoms with van der Waals surface area (Å²) >= 11 is 0. The molecule has 0 unspecified atom stereocenters. The van der Waals surface area contributed by atoms with E-state index in [1.807, 2.05) is 13.8 Å². The molecule has 0 fully saturated rings. The van der Waals surface area contributed by atoms with Crippen molar-refractivity contribution in [3.05, 3.63) is 0 Å². The van der Waals surface area contributed by atoms with Gasteiger partial charge in [0.1, 0.15) is 6.04 Å². The Morgan fingerprint density at radius 3 is 2.19 bits per heavy atom. The summed E-state index contributed by atoms with van der Waals surface area (Å²) in [4.78, 5) is 32.9. The summed E-state index contributed by atoms with van der Waals surface area (Å²) in [6, 6.07) is -0.679. The third-order valence-corrected chi connectivity index (χ3v) is 1.88. The van der Waals surface area contributed by atoms with Crippen molar-refractivity contribution < 1.29 is 14.4 Å². The first-order valence-corrected chi connectivity index (χ1v) is 5.16. The highest BCUT2D eigenvalue weighted by atomic mass is 16.2. The van der Waals surface area contributed by atoms with Crippen LogP contribution in [-0.2, 0) is 14.4 Å². The van der Waals surface area contributed by atoms with Crippen LogP contribution in [0.15, 0.2) is 0 Å². The number of rotatable bonds is 6. The second-order valence-electron chi connectivity index (χ2n) is 4.06. The molecule has 6 nitrogen and oxygen atoms in total. The first-order valence-electron chi connectivity index (χ1n) is 5.16. The van der Waals surface area contributed by atoms with Crippen molar-refractivity contribution in [3.63, 3.8) is 0 Å². The highest BCUT2D eigenvalue weighted by molar-refractivity contribution is 5.89. The number of carbonyl (C=O) groups is 3. The Balaban J connectivity index is 4.13. The number of primary amides is 1. The molecule has 0 aromatic rings. The van der Waals surface area contributed by atoms with Gasteiger partial charge in [-0.3, -0.25) is 14.4 Å². The molecule has 3 amide bonds. The van der Waals surface area contributed by atoms with E-state index in [1.54, 1.807) is 0 Å². The van der Waals surface area contributed by atoms with E-state index in [9.17, 15) is 14.4 Å². The van der Waals surface area contributed by atoms with Crippen LogP contribution >= 0.6 is 0 Å². The largest absolute Gasteiger partial charge is 0.368 e. The number of nitrogens with two attached hydrogens (primary N) is 1. The molecule has 0 aliphatic rings. The normalized spacial score (nSPS) is 12.0. The Labute approximate surface area is 94.9 Å². The standard InChI is InChI=1S/C10H19N3O3/c1-6(2)4-8(10(11)16)13-9(15)5-12-7(3)14/h6,8H,4-5H2,1-3H3,(H2,11,16)(H,12,14)(H,13,15)/t8-/m0/s1. The number of hydrogen-bond donors (Lipinski definition) is 3. The van der Waals surface area contributed by atoms with E-state index in [-0.39, 0.29) is 18.4 Å². The van der Waals surface area contributed by atoms with Crippen molar-refractivity contribution in [2.45, 2.75) is 33.2 Å². The highest BCUT2D eigenvalue weighted by Crippen LogP contribution is 2.03. The molecular formula is C10H19N3O3. The third-order valence-electron chi connectivity index (χ3n) is 1.88. The van der Waals surface area contributed by atoms with E-state index in [0.29, 0.717) is 6.42 Å². The van der Waals surface area contributed by atoms with Gasteiger partial charge in [0.25, 0.3) is 0 Å². The monoisotopic (exact) mass is 229 g/mol. The second-order valence-corrected chi connectivity index (χ2v) is 4.06. The van der Waals surface area contributed by atoms with Gasteiger partial charge in [0.2, 0.25) is 17.7 Å². The SMILES string of the molecule is CC(=O)NCC(=O)N[C@@H](CC(C)C)C(N)=O. The van der Waals surface area contributed by atoms with E-state index in [0.717, 1.165) is 0 Å². The Kier molecular flexibility index (Phi) is 6.14. The molecular weight excluding hydrogens is 210 g/mol. The van der Waals surface area contributed by atoms with Gasteiger partial charge in [0.15, 0.2) is 0 Å². The minimum Gasteiger partial charge on any atom is -0.368 e. The third kappa shape index (κ3) is 6.80. The average molecular weight is 229 g/mol. The minimum atomic E-state index is -0.679. The summed E-state index contributed by atoms with van der Waals surface area (Å²) in [5, 5.41) is 4.81. The lowest BCUT2D eigenvalue weighted by molar-refractivity contribution is -0.128. The molecule has 0 saturated carbocycles. The van der Waals surface area contributed by atoms with Gasteiger partial charge in [-0.1, -0.05) is 13.8 Å². The quantitative estimate of drug-likeness (QED) is 0.552. The summed E-state index contributed by atoms with van der Waals surface area (Å²) < 4.78 is 0. The predicted octanol–water partition coefficient (Wildman–Crippen LogP) is -0.861. The zero-order valence-corrected chi connectivity index (χ0v) is 9.87. The topological polar surface area (TPSA) is 101 Å². The van der Waals surface area contributed by atoms with Crippen LogP contribution < -0.4 is 16.4 Å². The maximum atomic E-state index is 11.3. The van der Waals surface area contributed by atoms with Gasteiger partial charge in [-0.2, -0.15) is 0 Å². The molecule has 16 heavy (non-hydrogen) atoms. The van der Waals surface area contributed by atoms with Crippen molar-refractivity contribution in [2.24, 2.45) is 11.7 Å². The van der Waals surface area contributed by atoms with Gasteiger partial charge < -0.3 is 16.4 Å². The smallest absolute Gasteiger partial charge is 0.240 e. The molecule has 0 aromatic heterocycles. The maximum absolute atomic E-state index is 11.3. The van der Waals surface area contributed by atoms with Crippen molar-refractivity contribution in [1.29, 1.82) is 0 Å². The summed E-state index contributed by atoms with van der Waals surface area (Å²) in [7, 11) is 0. The minimum absolute atomic E-state index is 0.142. The molecule has 0 aliphatic heterocycles. The average Bonchev–Trinajstić information content (AvgIpc) is 2.12. The van der Waals surface area contributed by atoms with E-state index in [1.165, 1.54) is 6.92 Å². The Bertz CT molecular complexity index is 276. The molecule has 0 aliphatic carbocycles. The zero-order chi connectivity index (χ0) is 12.7. The predicted molar refractivity (Wildman–Crippen MR) is 59.3 cm³/mol. The van der Waals surface area contributed by atoms with Crippen molar-refractivity contribution >= 4 is 17.7 Å². The van der Waals surface area contributed by atoms with E-state index < -0.39 is 17.9 Å². The zero-order valence-electron chi connectivity index (χ0n) is 9.87. The molecule has 0 aromatic carbocycles. The highest BCUT2D eigenvalue weighted by Gasteiger charge is 2.18. The van der Waals surface area contributed by atoms with Crippen LogP contribution in [0.5, 0.6) is 0 Å². The Morgan fingerprint density at radius 2 is 1.81 bits per heavy atom. The lowest BCUT2D eigenvalue weighted by Crippen LogP contribution is -2.48. The fourth-order valence-electron chi connectivity index (χ4n) is 1.17. The van der Waals surface area contributed by atoms with E-state index in [2.05, 4.69) is 10.6 Å². The van der Waals surface area contributed by atoms with Gasteiger partial charge in [-0.15, -0.1) is 0 Å². The van der Waals surface area contributed by atoms with Crippen molar-refractivity contribution in [1.82, 2.24) is 10.6 Å². The molecule has 0 rings (SSSR count). The van der Waals surface area contributed by atoms with Gasteiger partial charge in [0, 0.05) is 6.92 Å². The summed E-state index contributed by atoms with van der Waals surface area (Å²) in [5.74, 6) is -1.03. The Hall–Kier alpha value is -1.59. The molecule has 4 N–H and O–H groups in total. The van der Waals surface area contributed by atoms with Crippen LogP contribution in [0.2, 0.25) is 0 Å². The van der Waals surface area contributed by atoms with Crippen LogP contribution in [0.25, 0.3) is 0 Å². The maximum Gasteiger partial charge on any atom is 0.240 e. The van der Waals surface area contributed by atoms with Crippen LogP contribution in [0.4, 0.5) is 0 Å². The summed E-state index contributed by atoms with van der Waals surface area (Å²) in [6.07, 6.45) is 0.487. The summed E-state index contributed by atoms with van der Waals surface area (Å²) in [6.45, 7) is 5.02. The van der Waals surface area contributed by atoms with Crippen LogP contribution in [-0.4, -0.2) is 30.3 Å². The lowest BCUT2D eigenvalue weighted by atomic mass is 10.0. The van der Waals surface area contributed by atoms with Crippen LogP contribution in [0.3, 0.4) is 0 Å². The molecule has 1 atom stereocenters. The van der Waals surface area contributed by atoms with E-state index in [4.69, 9.17) is 5.73 Å². The number of carbonyl (C=O) groups excluding carboxylic acids is 3. The molecule has 6 heteroatoms. The number of nitrogens with one attached hydrogen (secondary N) is 2. The van der Waals surface area contributed by atoms with Crippen LogP contribution in [0.1, 0.15) is 27.2 Å². The number of hydrogen-bond acceptors (Lipinski definition) is 3. The lowest BCUT2D eigenvalue weighted by Gasteiger charge is -2.17. The van der Waals surface area contributed by atoms with Crippen molar-refractivity contribution in [2.75, 3.05) is 6.54 Å². The molecule has 92 valence electrons. The molecule has 0 spiro atoms. The first-order chi connectivity index (χ1) is 7.32. The first kappa shape index (κ1) is 14.4. The second kappa shape index (κ2) is 6.81.